The maximum atomic E-state index is 7.46. The van der Waals surface area contributed by atoms with E-state index in [-0.39, 0.29) is 12.1 Å². The van der Waals surface area contributed by atoms with Gasteiger partial charge in [-0.3, -0.25) is 5.41 Å². The second-order valence-corrected chi connectivity index (χ2v) is 6.73. The summed E-state index contributed by atoms with van der Waals surface area (Å²) in [7, 11) is 1.71. The summed E-state index contributed by atoms with van der Waals surface area (Å²) in [4.78, 5) is 5.83. The van der Waals surface area contributed by atoms with Gasteiger partial charge in [-0.1, -0.05) is 30.3 Å². The predicted octanol–water partition coefficient (Wildman–Crippen LogP) is 4.27. The molecule has 0 amide bonds. The summed E-state index contributed by atoms with van der Waals surface area (Å²) >= 11 is 0. The Kier molecular flexibility index (Phi) is 4.85. The summed E-state index contributed by atoms with van der Waals surface area (Å²) in [6.07, 6.45) is 3.59. The minimum atomic E-state index is -0.0426. The van der Waals surface area contributed by atoms with Crippen molar-refractivity contribution in [2.24, 2.45) is 5.73 Å². The Hall–Kier alpha value is -3.54. The highest BCUT2D eigenvalue weighted by molar-refractivity contribution is 5.91. The van der Waals surface area contributed by atoms with E-state index in [1.54, 1.807) is 19.3 Å². The first-order valence-corrected chi connectivity index (χ1v) is 9.16. The highest BCUT2D eigenvalue weighted by atomic mass is 16.5. The molecule has 0 saturated heterocycles. The number of nitrogens with two attached hydrogens (primary N) is 1. The molecule has 142 valence electrons. The standard InChI is InChI=1S/C22H22N4O2/c1-26(22(23)24)17-8-12-21(25-14-17)27-18-9-11-20-16(13-18)7-10-19(28-20)15-5-3-2-4-6-15/h2-6,8-9,11-14,19H,7,10H2,1H3,(H3,23,24). The lowest BCUT2D eigenvalue weighted by Crippen LogP contribution is -2.32. The third kappa shape index (κ3) is 3.76. The van der Waals surface area contributed by atoms with Crippen LogP contribution in [0.4, 0.5) is 5.69 Å². The number of aromatic nitrogens is 1. The van der Waals surface area contributed by atoms with Gasteiger partial charge in [-0.25, -0.2) is 4.98 Å². The van der Waals surface area contributed by atoms with E-state index < -0.39 is 0 Å². The number of anilines is 1. The molecule has 2 aromatic carbocycles. The third-order valence-corrected chi connectivity index (χ3v) is 4.84. The summed E-state index contributed by atoms with van der Waals surface area (Å²) < 4.78 is 12.1. The lowest BCUT2D eigenvalue weighted by Gasteiger charge is -2.26. The number of aryl methyl sites for hydroxylation is 1. The SMILES string of the molecule is CN(C(=N)N)c1ccc(Oc2ccc3c(c2)CCC(c2ccccc2)O3)nc1. The molecule has 1 unspecified atom stereocenters. The van der Waals surface area contributed by atoms with E-state index in [4.69, 9.17) is 20.6 Å². The van der Waals surface area contributed by atoms with Crippen LogP contribution in [0.5, 0.6) is 17.4 Å². The number of fused-ring (bicyclic) bond motifs is 1. The van der Waals surface area contributed by atoms with Gasteiger partial charge in [0.05, 0.1) is 11.9 Å². The van der Waals surface area contributed by atoms with Crippen molar-refractivity contribution in [2.75, 3.05) is 11.9 Å². The highest BCUT2D eigenvalue weighted by Gasteiger charge is 2.21. The zero-order valence-corrected chi connectivity index (χ0v) is 15.6. The summed E-state index contributed by atoms with van der Waals surface area (Å²) in [5.74, 6) is 2.07. The molecule has 6 heteroatoms. The summed E-state index contributed by atoms with van der Waals surface area (Å²) in [6.45, 7) is 0. The molecule has 3 N–H and O–H groups in total. The van der Waals surface area contributed by atoms with E-state index >= 15 is 0 Å². The largest absolute Gasteiger partial charge is 0.485 e. The van der Waals surface area contributed by atoms with Crippen LogP contribution in [0, 0.1) is 5.41 Å². The Morgan fingerprint density at radius 2 is 2.00 bits per heavy atom. The first-order chi connectivity index (χ1) is 13.6. The third-order valence-electron chi connectivity index (χ3n) is 4.84. The summed E-state index contributed by atoms with van der Waals surface area (Å²) in [5.41, 5.74) is 8.55. The zero-order valence-electron chi connectivity index (χ0n) is 15.6. The molecule has 1 atom stereocenters. The average molecular weight is 374 g/mol. The van der Waals surface area contributed by atoms with Crippen molar-refractivity contribution in [2.45, 2.75) is 18.9 Å². The van der Waals surface area contributed by atoms with Crippen LogP contribution in [0.15, 0.2) is 66.9 Å². The van der Waals surface area contributed by atoms with Gasteiger partial charge < -0.3 is 20.1 Å². The Morgan fingerprint density at radius 3 is 2.71 bits per heavy atom. The van der Waals surface area contributed by atoms with E-state index in [0.717, 1.165) is 35.6 Å². The fourth-order valence-electron chi connectivity index (χ4n) is 3.22. The van der Waals surface area contributed by atoms with Crippen molar-refractivity contribution in [1.82, 2.24) is 4.98 Å². The van der Waals surface area contributed by atoms with E-state index in [9.17, 15) is 0 Å². The normalized spacial score (nSPS) is 15.2. The first-order valence-electron chi connectivity index (χ1n) is 9.16. The van der Waals surface area contributed by atoms with Gasteiger partial charge >= 0.3 is 0 Å². The van der Waals surface area contributed by atoms with E-state index in [0.29, 0.717) is 5.88 Å². The fourth-order valence-corrected chi connectivity index (χ4v) is 3.22. The molecule has 28 heavy (non-hydrogen) atoms. The Labute approximate surface area is 164 Å². The van der Waals surface area contributed by atoms with Gasteiger partial charge in [0.2, 0.25) is 5.88 Å². The van der Waals surface area contributed by atoms with Gasteiger partial charge in [-0.2, -0.15) is 0 Å². The lowest BCUT2D eigenvalue weighted by molar-refractivity contribution is 0.176. The van der Waals surface area contributed by atoms with Crippen LogP contribution >= 0.6 is 0 Å². The number of ether oxygens (including phenoxy) is 2. The number of nitrogens with one attached hydrogen (secondary N) is 1. The first kappa shape index (κ1) is 17.9. The van der Waals surface area contributed by atoms with Crippen molar-refractivity contribution in [1.29, 1.82) is 5.41 Å². The molecule has 0 saturated carbocycles. The molecule has 4 rings (SSSR count). The van der Waals surface area contributed by atoms with Crippen molar-refractivity contribution in [3.63, 3.8) is 0 Å². The fraction of sp³-hybridized carbons (Fsp3) is 0.182. The number of benzene rings is 2. The zero-order chi connectivity index (χ0) is 19.5. The second-order valence-electron chi connectivity index (χ2n) is 6.73. The minimum Gasteiger partial charge on any atom is -0.485 e. The average Bonchev–Trinajstić information content (AvgIpc) is 2.74. The molecule has 2 heterocycles. The minimum absolute atomic E-state index is 0.0426. The number of pyridine rings is 1. The second kappa shape index (κ2) is 7.60. The Balaban J connectivity index is 1.46. The molecular weight excluding hydrogens is 352 g/mol. The number of hydrogen-bond donors (Lipinski definition) is 2. The van der Waals surface area contributed by atoms with Gasteiger partial charge in [0.25, 0.3) is 0 Å². The van der Waals surface area contributed by atoms with Crippen LogP contribution < -0.4 is 20.1 Å². The Bertz CT molecular complexity index is 974. The molecule has 0 bridgehead atoms. The quantitative estimate of drug-likeness (QED) is 0.526. The van der Waals surface area contributed by atoms with Crippen molar-refractivity contribution in [3.8, 4) is 17.4 Å². The van der Waals surface area contributed by atoms with Gasteiger partial charge in [0.15, 0.2) is 5.96 Å². The number of rotatable bonds is 4. The van der Waals surface area contributed by atoms with Crippen LogP contribution in [-0.2, 0) is 6.42 Å². The molecule has 0 radical (unpaired) electrons. The monoisotopic (exact) mass is 374 g/mol. The lowest BCUT2D eigenvalue weighted by atomic mass is 9.97. The molecule has 1 aliphatic heterocycles. The maximum Gasteiger partial charge on any atom is 0.219 e. The summed E-state index contributed by atoms with van der Waals surface area (Å²) in [6, 6.07) is 19.7. The number of hydrogen-bond acceptors (Lipinski definition) is 4. The molecular formula is C22H22N4O2. The van der Waals surface area contributed by atoms with Gasteiger partial charge in [0.1, 0.15) is 17.6 Å². The van der Waals surface area contributed by atoms with Crippen LogP contribution in [0.1, 0.15) is 23.7 Å². The smallest absolute Gasteiger partial charge is 0.219 e. The molecule has 0 fully saturated rings. The van der Waals surface area contributed by atoms with E-state index in [2.05, 4.69) is 17.1 Å². The van der Waals surface area contributed by atoms with Crippen LogP contribution in [0.25, 0.3) is 0 Å². The van der Waals surface area contributed by atoms with Gasteiger partial charge in [-0.05, 0) is 48.2 Å². The maximum absolute atomic E-state index is 7.46. The topological polar surface area (TPSA) is 84.5 Å². The van der Waals surface area contributed by atoms with Gasteiger partial charge in [-0.15, -0.1) is 0 Å². The molecule has 1 aliphatic rings. The molecule has 3 aromatic rings. The van der Waals surface area contributed by atoms with Crippen molar-refractivity contribution in [3.05, 3.63) is 78.0 Å². The molecule has 6 nitrogen and oxygen atoms in total. The number of nitrogens with zero attached hydrogens (tertiary/aromatic N) is 2. The van der Waals surface area contributed by atoms with Crippen molar-refractivity contribution >= 4 is 11.6 Å². The van der Waals surface area contributed by atoms with Crippen LogP contribution in [0.2, 0.25) is 0 Å². The van der Waals surface area contributed by atoms with Crippen molar-refractivity contribution < 1.29 is 9.47 Å². The van der Waals surface area contributed by atoms with Gasteiger partial charge in [0, 0.05) is 13.1 Å². The molecule has 0 aliphatic carbocycles. The van der Waals surface area contributed by atoms with Crippen LogP contribution in [0.3, 0.4) is 0 Å². The highest BCUT2D eigenvalue weighted by Crippen LogP contribution is 2.37. The van der Waals surface area contributed by atoms with E-state index in [1.807, 2.05) is 42.5 Å². The number of guanidine groups is 1. The Morgan fingerprint density at radius 1 is 1.18 bits per heavy atom. The molecule has 0 spiro atoms. The molecule has 1 aromatic heterocycles. The van der Waals surface area contributed by atoms with E-state index in [1.165, 1.54) is 10.5 Å². The van der Waals surface area contributed by atoms with Crippen LogP contribution in [-0.4, -0.2) is 18.0 Å². The predicted molar refractivity (Wildman–Crippen MR) is 109 cm³/mol. The summed E-state index contributed by atoms with van der Waals surface area (Å²) in [5, 5.41) is 7.46.